The minimum atomic E-state index is -3.50. The maximum Gasteiger partial charge on any atom is 0.243 e. The summed E-state index contributed by atoms with van der Waals surface area (Å²) >= 11 is 0. The van der Waals surface area contributed by atoms with E-state index in [1.165, 1.54) is 4.31 Å². The molecule has 0 spiro atoms. The van der Waals surface area contributed by atoms with Gasteiger partial charge in [0.2, 0.25) is 15.9 Å². The molecule has 32 heavy (non-hydrogen) atoms. The van der Waals surface area contributed by atoms with Gasteiger partial charge >= 0.3 is 0 Å². The molecule has 7 heteroatoms. The summed E-state index contributed by atoms with van der Waals surface area (Å²) in [6.45, 7) is 1.58. The lowest BCUT2D eigenvalue weighted by atomic mass is 10.1. The predicted octanol–water partition coefficient (Wildman–Crippen LogP) is 3.95. The summed E-state index contributed by atoms with van der Waals surface area (Å²) in [7, 11) is -3.50. The van der Waals surface area contributed by atoms with Crippen LogP contribution < -0.4 is 5.32 Å². The number of hydrogen-bond acceptors (Lipinski definition) is 4. The molecule has 0 saturated carbocycles. The number of amides is 1. The number of morpholine rings is 1. The maximum atomic E-state index is 12.7. The van der Waals surface area contributed by atoms with Crippen LogP contribution in [0, 0.1) is 0 Å². The molecule has 0 radical (unpaired) electrons. The summed E-state index contributed by atoms with van der Waals surface area (Å²) < 4.78 is 32.1. The third-order valence-electron chi connectivity index (χ3n) is 5.45. The van der Waals surface area contributed by atoms with Crippen molar-refractivity contribution in [3.8, 4) is 11.1 Å². The summed E-state index contributed by atoms with van der Waals surface area (Å²) in [5.74, 6) is -0.0810. The lowest BCUT2D eigenvalue weighted by Crippen LogP contribution is -2.40. The average Bonchev–Trinajstić information content (AvgIpc) is 2.84. The monoisotopic (exact) mass is 450 g/mol. The number of hydrogen-bond donors (Lipinski definition) is 1. The smallest absolute Gasteiger partial charge is 0.243 e. The third-order valence-corrected chi connectivity index (χ3v) is 7.36. The second-order valence-electron chi connectivity index (χ2n) is 7.65. The molecule has 0 aliphatic carbocycles. The van der Waals surface area contributed by atoms with Gasteiger partial charge in [0.25, 0.3) is 0 Å². The first-order valence-corrected chi connectivity index (χ1v) is 12.1. The summed E-state index contributed by atoms with van der Waals surface area (Å²) in [6.07, 6.45) is 0.849. The van der Waals surface area contributed by atoms with Gasteiger partial charge in [-0.1, -0.05) is 54.6 Å². The number of carbonyl (C=O) groups excluding carboxylic acids is 1. The summed E-state index contributed by atoms with van der Waals surface area (Å²) in [4.78, 5) is 12.6. The van der Waals surface area contributed by atoms with Crippen LogP contribution in [0.2, 0.25) is 0 Å². The van der Waals surface area contributed by atoms with E-state index in [-0.39, 0.29) is 10.8 Å². The molecular weight excluding hydrogens is 424 g/mol. The summed E-state index contributed by atoms with van der Waals surface area (Å²) in [5.41, 5.74) is 3.89. The van der Waals surface area contributed by atoms with E-state index in [1.807, 2.05) is 54.6 Å². The third kappa shape index (κ3) is 5.43. The highest BCUT2D eigenvalue weighted by atomic mass is 32.2. The molecule has 1 N–H and O–H groups in total. The van der Waals surface area contributed by atoms with Gasteiger partial charge in [0.15, 0.2) is 0 Å². The Labute approximate surface area is 188 Å². The van der Waals surface area contributed by atoms with E-state index in [4.69, 9.17) is 4.74 Å². The second-order valence-corrected chi connectivity index (χ2v) is 9.59. The van der Waals surface area contributed by atoms with Crippen LogP contribution in [-0.4, -0.2) is 44.9 Å². The first-order valence-electron chi connectivity index (χ1n) is 10.6. The molecule has 1 aliphatic heterocycles. The zero-order chi connectivity index (χ0) is 22.4. The largest absolute Gasteiger partial charge is 0.379 e. The van der Waals surface area contributed by atoms with Crippen molar-refractivity contribution in [3.05, 3.63) is 84.4 Å². The van der Waals surface area contributed by atoms with E-state index in [9.17, 15) is 13.2 Å². The van der Waals surface area contributed by atoms with E-state index in [2.05, 4.69) is 5.32 Å². The van der Waals surface area contributed by atoms with Crippen molar-refractivity contribution in [3.63, 3.8) is 0 Å². The highest BCUT2D eigenvalue weighted by Crippen LogP contribution is 2.21. The lowest BCUT2D eigenvalue weighted by Gasteiger charge is -2.26. The molecule has 1 amide bonds. The van der Waals surface area contributed by atoms with Crippen LogP contribution >= 0.6 is 0 Å². The number of anilines is 1. The van der Waals surface area contributed by atoms with Crippen LogP contribution in [0.15, 0.2) is 83.8 Å². The van der Waals surface area contributed by atoms with E-state index >= 15 is 0 Å². The highest BCUT2D eigenvalue weighted by molar-refractivity contribution is 7.89. The molecule has 1 aliphatic rings. The number of aryl methyl sites for hydroxylation is 1. The van der Waals surface area contributed by atoms with Crippen molar-refractivity contribution in [1.29, 1.82) is 0 Å². The van der Waals surface area contributed by atoms with Gasteiger partial charge in [-0.05, 0) is 47.4 Å². The molecule has 1 saturated heterocycles. The van der Waals surface area contributed by atoms with Gasteiger partial charge < -0.3 is 10.1 Å². The number of carbonyl (C=O) groups is 1. The molecule has 3 aromatic carbocycles. The van der Waals surface area contributed by atoms with Crippen LogP contribution in [0.25, 0.3) is 11.1 Å². The molecule has 0 bridgehead atoms. The Balaban J connectivity index is 1.30. The van der Waals surface area contributed by atoms with E-state index in [1.54, 1.807) is 24.3 Å². The Morgan fingerprint density at radius 3 is 2.12 bits per heavy atom. The van der Waals surface area contributed by atoms with Crippen molar-refractivity contribution in [2.24, 2.45) is 0 Å². The van der Waals surface area contributed by atoms with Crippen LogP contribution in [0.1, 0.15) is 12.0 Å². The van der Waals surface area contributed by atoms with E-state index in [0.29, 0.717) is 39.1 Å². The van der Waals surface area contributed by atoms with Crippen molar-refractivity contribution in [1.82, 2.24) is 4.31 Å². The van der Waals surface area contributed by atoms with Crippen molar-refractivity contribution in [2.75, 3.05) is 31.6 Å². The number of nitrogens with one attached hydrogen (secondary N) is 1. The van der Waals surface area contributed by atoms with Crippen molar-refractivity contribution < 1.29 is 17.9 Å². The molecular formula is C25H26N2O4S. The second kappa shape index (κ2) is 10.1. The van der Waals surface area contributed by atoms with Crippen LogP contribution in [0.4, 0.5) is 5.69 Å². The van der Waals surface area contributed by atoms with Gasteiger partial charge in [-0.3, -0.25) is 4.79 Å². The standard InChI is InChI=1S/C25H26N2O4S/c28-25(26-23-11-9-22(10-12-23)21-4-2-1-3-5-21)15-8-20-6-13-24(14-7-20)32(29,30)27-16-18-31-19-17-27/h1-7,9-14H,8,15-19H2,(H,26,28). The topological polar surface area (TPSA) is 75.7 Å². The SMILES string of the molecule is O=C(CCc1ccc(S(=O)(=O)N2CCOCC2)cc1)Nc1ccc(-c2ccccc2)cc1. The first-order chi connectivity index (χ1) is 15.5. The number of sulfonamides is 1. The van der Waals surface area contributed by atoms with Gasteiger partial charge in [0, 0.05) is 25.2 Å². The maximum absolute atomic E-state index is 12.7. The molecule has 166 valence electrons. The Bertz CT molecular complexity index is 1140. The van der Waals surface area contributed by atoms with Crippen LogP contribution in [0.3, 0.4) is 0 Å². The molecule has 0 atom stereocenters. The minimum Gasteiger partial charge on any atom is -0.379 e. The zero-order valence-corrected chi connectivity index (χ0v) is 18.6. The zero-order valence-electron chi connectivity index (χ0n) is 17.7. The van der Waals surface area contributed by atoms with Crippen LogP contribution in [-0.2, 0) is 26.0 Å². The fourth-order valence-electron chi connectivity index (χ4n) is 3.62. The van der Waals surface area contributed by atoms with Gasteiger partial charge in [-0.25, -0.2) is 8.42 Å². The van der Waals surface area contributed by atoms with E-state index < -0.39 is 10.0 Å². The number of ether oxygens (including phenoxy) is 1. The molecule has 3 aromatic rings. The molecule has 1 fully saturated rings. The fourth-order valence-corrected chi connectivity index (χ4v) is 5.03. The minimum absolute atomic E-state index is 0.0810. The van der Waals surface area contributed by atoms with Gasteiger partial charge in [-0.15, -0.1) is 0 Å². The highest BCUT2D eigenvalue weighted by Gasteiger charge is 2.26. The molecule has 0 unspecified atom stereocenters. The normalized spacial score (nSPS) is 14.8. The quantitative estimate of drug-likeness (QED) is 0.592. The van der Waals surface area contributed by atoms with Crippen molar-refractivity contribution >= 4 is 21.6 Å². The molecule has 4 rings (SSSR count). The van der Waals surface area contributed by atoms with Crippen LogP contribution in [0.5, 0.6) is 0 Å². The average molecular weight is 451 g/mol. The van der Waals surface area contributed by atoms with Gasteiger partial charge in [0.1, 0.15) is 0 Å². The summed E-state index contributed by atoms with van der Waals surface area (Å²) in [6, 6.07) is 24.6. The fraction of sp³-hybridized carbons (Fsp3) is 0.240. The number of benzene rings is 3. The predicted molar refractivity (Wildman–Crippen MR) is 125 cm³/mol. The molecule has 0 aromatic heterocycles. The Kier molecular flexibility index (Phi) is 6.99. The number of nitrogens with zero attached hydrogens (tertiary/aromatic N) is 1. The van der Waals surface area contributed by atoms with Gasteiger partial charge in [-0.2, -0.15) is 4.31 Å². The Morgan fingerprint density at radius 2 is 1.47 bits per heavy atom. The van der Waals surface area contributed by atoms with Gasteiger partial charge in [0.05, 0.1) is 18.1 Å². The lowest BCUT2D eigenvalue weighted by molar-refractivity contribution is -0.116. The first kappa shape index (κ1) is 22.2. The Hall–Kier alpha value is -3.00. The number of rotatable bonds is 7. The molecule has 6 nitrogen and oxygen atoms in total. The van der Waals surface area contributed by atoms with Crippen molar-refractivity contribution in [2.45, 2.75) is 17.7 Å². The Morgan fingerprint density at radius 1 is 0.844 bits per heavy atom. The summed E-state index contributed by atoms with van der Waals surface area (Å²) in [5, 5.41) is 2.92. The molecule has 1 heterocycles. The van der Waals surface area contributed by atoms with E-state index in [0.717, 1.165) is 22.4 Å².